The molecule has 4 N–H and O–H groups in total. The first-order valence-corrected chi connectivity index (χ1v) is 3.57. The Balaban J connectivity index is 2.74. The lowest BCUT2D eigenvalue weighted by Gasteiger charge is -2.03. The van der Waals surface area contributed by atoms with E-state index in [0.29, 0.717) is 11.4 Å². The molecule has 13 heavy (non-hydrogen) atoms. The number of nitrogen functional groups attached to an aromatic ring is 1. The van der Waals surface area contributed by atoms with Crippen molar-refractivity contribution in [2.45, 2.75) is 0 Å². The van der Waals surface area contributed by atoms with Gasteiger partial charge in [-0.2, -0.15) is 0 Å². The van der Waals surface area contributed by atoms with Crippen LogP contribution in [0.4, 0.5) is 11.4 Å². The summed E-state index contributed by atoms with van der Waals surface area (Å²) in [6.45, 7) is 0. The summed E-state index contributed by atoms with van der Waals surface area (Å²) in [6.07, 6.45) is 0.756. The van der Waals surface area contributed by atoms with E-state index in [2.05, 4.69) is 10.5 Å². The molecule has 0 aliphatic rings. The fourth-order valence-corrected chi connectivity index (χ4v) is 0.828. The first-order valence-electron chi connectivity index (χ1n) is 3.57. The molecule has 0 radical (unpaired) electrons. The van der Waals surface area contributed by atoms with E-state index in [-0.39, 0.29) is 0 Å². The number of carbonyl (C=O) groups is 1. The number of para-hydroxylation sites is 2. The Labute approximate surface area is 74.9 Å². The largest absolute Gasteiger partial charge is 0.411 e. The summed E-state index contributed by atoms with van der Waals surface area (Å²) in [6, 6.07) is 6.80. The molecule has 0 aliphatic heterocycles. The molecule has 5 nitrogen and oxygen atoms in total. The van der Waals surface area contributed by atoms with Crippen LogP contribution in [-0.4, -0.2) is 17.3 Å². The van der Waals surface area contributed by atoms with Crippen LogP contribution in [0.5, 0.6) is 0 Å². The quantitative estimate of drug-likeness (QED) is 0.270. The second-order valence-electron chi connectivity index (χ2n) is 2.32. The molecule has 68 valence electrons. The number of hydrogen-bond donors (Lipinski definition) is 3. The van der Waals surface area contributed by atoms with Gasteiger partial charge in [0.2, 0.25) is 0 Å². The number of carbonyl (C=O) groups excluding carboxylic acids is 1. The van der Waals surface area contributed by atoms with Crippen LogP contribution in [0.25, 0.3) is 0 Å². The fourth-order valence-electron chi connectivity index (χ4n) is 0.828. The Bertz CT molecular complexity index is 336. The van der Waals surface area contributed by atoms with Crippen LogP contribution in [0.15, 0.2) is 29.4 Å². The summed E-state index contributed by atoms with van der Waals surface area (Å²) in [5.41, 5.74) is 6.50. The van der Waals surface area contributed by atoms with Crippen LogP contribution in [0.3, 0.4) is 0 Å². The number of nitrogens with two attached hydrogens (primary N) is 1. The standard InChI is InChI=1S/C8H9N3O2/c9-6-3-1-2-4-7(6)11-8(12)5-10-13/h1-5,13H,9H2,(H,11,12)/b10-5+. The summed E-state index contributed by atoms with van der Waals surface area (Å²) in [5.74, 6) is -0.527. The van der Waals surface area contributed by atoms with Crippen LogP contribution in [0.2, 0.25) is 0 Å². The molecular formula is C8H9N3O2. The third-order valence-corrected chi connectivity index (χ3v) is 1.39. The van der Waals surface area contributed by atoms with Crippen LogP contribution < -0.4 is 11.1 Å². The molecule has 5 heteroatoms. The molecular weight excluding hydrogens is 170 g/mol. The number of nitrogens with zero attached hydrogens (tertiary/aromatic N) is 1. The summed E-state index contributed by atoms with van der Waals surface area (Å²) < 4.78 is 0. The molecule has 1 amide bonds. The zero-order valence-corrected chi connectivity index (χ0v) is 6.77. The van der Waals surface area contributed by atoms with Gasteiger partial charge in [-0.3, -0.25) is 4.79 Å². The molecule has 0 aliphatic carbocycles. The average molecular weight is 179 g/mol. The van der Waals surface area contributed by atoms with E-state index in [9.17, 15) is 4.79 Å². The molecule has 0 atom stereocenters. The lowest BCUT2D eigenvalue weighted by molar-refractivity contribution is -0.110. The van der Waals surface area contributed by atoms with Crippen molar-refractivity contribution in [3.05, 3.63) is 24.3 Å². The number of hydrogen-bond acceptors (Lipinski definition) is 4. The molecule has 1 aromatic carbocycles. The summed E-state index contributed by atoms with van der Waals surface area (Å²) >= 11 is 0. The molecule has 0 aromatic heterocycles. The van der Waals surface area contributed by atoms with E-state index >= 15 is 0 Å². The van der Waals surface area contributed by atoms with Crippen molar-refractivity contribution in [3.63, 3.8) is 0 Å². The smallest absolute Gasteiger partial charge is 0.270 e. The molecule has 1 aromatic rings. The van der Waals surface area contributed by atoms with Crippen LogP contribution in [0, 0.1) is 0 Å². The number of oxime groups is 1. The molecule has 1 rings (SSSR count). The van der Waals surface area contributed by atoms with Crippen molar-refractivity contribution in [1.82, 2.24) is 0 Å². The number of nitrogens with one attached hydrogen (secondary N) is 1. The minimum atomic E-state index is -0.527. The molecule has 0 saturated carbocycles. The summed E-state index contributed by atoms with van der Waals surface area (Å²) in [4.78, 5) is 10.9. The Hall–Kier alpha value is -2.04. The number of amides is 1. The zero-order chi connectivity index (χ0) is 9.68. The maximum absolute atomic E-state index is 10.9. The van der Waals surface area contributed by atoms with Gasteiger partial charge >= 0.3 is 0 Å². The SMILES string of the molecule is Nc1ccccc1NC(=O)/C=N/O. The molecule has 0 fully saturated rings. The van der Waals surface area contributed by atoms with Crippen molar-refractivity contribution in [2.75, 3.05) is 11.1 Å². The Morgan fingerprint density at radius 3 is 2.85 bits per heavy atom. The first kappa shape index (κ1) is 9.05. The third-order valence-electron chi connectivity index (χ3n) is 1.39. The van der Waals surface area contributed by atoms with Gasteiger partial charge < -0.3 is 16.3 Å². The normalized spacial score (nSPS) is 10.2. The molecule has 0 saturated heterocycles. The van der Waals surface area contributed by atoms with Gasteiger partial charge in [0, 0.05) is 0 Å². The van der Waals surface area contributed by atoms with Gasteiger partial charge in [0.25, 0.3) is 5.91 Å². The van der Waals surface area contributed by atoms with Gasteiger partial charge in [0.05, 0.1) is 11.4 Å². The average Bonchev–Trinajstić information content (AvgIpc) is 2.09. The highest BCUT2D eigenvalue weighted by molar-refractivity contribution is 6.31. The molecule has 0 unspecified atom stereocenters. The Morgan fingerprint density at radius 2 is 2.23 bits per heavy atom. The van der Waals surface area contributed by atoms with Gasteiger partial charge in [-0.1, -0.05) is 17.3 Å². The van der Waals surface area contributed by atoms with E-state index in [1.165, 1.54) is 0 Å². The van der Waals surface area contributed by atoms with Gasteiger partial charge in [-0.25, -0.2) is 0 Å². The number of anilines is 2. The van der Waals surface area contributed by atoms with Crippen molar-refractivity contribution in [1.29, 1.82) is 0 Å². The summed E-state index contributed by atoms with van der Waals surface area (Å²) in [5, 5.41) is 13.1. The fraction of sp³-hybridized carbons (Fsp3) is 0. The van der Waals surface area contributed by atoms with Crippen molar-refractivity contribution < 1.29 is 10.0 Å². The predicted molar refractivity (Wildman–Crippen MR) is 49.8 cm³/mol. The Morgan fingerprint density at radius 1 is 1.54 bits per heavy atom. The Kier molecular flexibility index (Phi) is 2.86. The van der Waals surface area contributed by atoms with Crippen molar-refractivity contribution >= 4 is 23.5 Å². The van der Waals surface area contributed by atoms with Crippen molar-refractivity contribution in [3.8, 4) is 0 Å². The zero-order valence-electron chi connectivity index (χ0n) is 6.77. The topological polar surface area (TPSA) is 87.7 Å². The van der Waals surface area contributed by atoms with Crippen LogP contribution in [0.1, 0.15) is 0 Å². The predicted octanol–water partition coefficient (Wildman–Crippen LogP) is 0.667. The van der Waals surface area contributed by atoms with Gasteiger partial charge in [0.15, 0.2) is 0 Å². The van der Waals surface area contributed by atoms with Gasteiger partial charge in [0.1, 0.15) is 6.21 Å². The van der Waals surface area contributed by atoms with Crippen LogP contribution >= 0.6 is 0 Å². The van der Waals surface area contributed by atoms with Crippen LogP contribution in [-0.2, 0) is 4.79 Å². The van der Waals surface area contributed by atoms with E-state index in [4.69, 9.17) is 10.9 Å². The van der Waals surface area contributed by atoms with Gasteiger partial charge in [-0.15, -0.1) is 0 Å². The highest BCUT2D eigenvalue weighted by atomic mass is 16.4. The minimum absolute atomic E-state index is 0.460. The van der Waals surface area contributed by atoms with E-state index in [1.807, 2.05) is 0 Å². The van der Waals surface area contributed by atoms with E-state index in [1.54, 1.807) is 24.3 Å². The molecule has 0 heterocycles. The second kappa shape index (κ2) is 4.10. The highest BCUT2D eigenvalue weighted by Gasteiger charge is 2.00. The number of benzene rings is 1. The summed E-state index contributed by atoms with van der Waals surface area (Å²) in [7, 11) is 0. The second-order valence-corrected chi connectivity index (χ2v) is 2.32. The lowest BCUT2D eigenvalue weighted by Crippen LogP contribution is -2.13. The number of rotatable bonds is 2. The third kappa shape index (κ3) is 2.48. The maximum Gasteiger partial charge on any atom is 0.270 e. The molecule has 0 spiro atoms. The maximum atomic E-state index is 10.9. The van der Waals surface area contributed by atoms with E-state index in [0.717, 1.165) is 6.21 Å². The highest BCUT2D eigenvalue weighted by Crippen LogP contribution is 2.15. The lowest BCUT2D eigenvalue weighted by atomic mass is 10.3. The first-order chi connectivity index (χ1) is 6.24. The molecule has 0 bridgehead atoms. The van der Waals surface area contributed by atoms with E-state index < -0.39 is 5.91 Å². The monoisotopic (exact) mass is 179 g/mol. The van der Waals surface area contributed by atoms with Gasteiger partial charge in [-0.05, 0) is 12.1 Å². The van der Waals surface area contributed by atoms with Crippen molar-refractivity contribution in [2.24, 2.45) is 5.16 Å². The minimum Gasteiger partial charge on any atom is -0.411 e.